The number of nitrogens with one attached hydrogen (secondary N) is 2. The van der Waals surface area contributed by atoms with Crippen LogP contribution in [0.4, 0.5) is 54.1 Å². The van der Waals surface area contributed by atoms with Gasteiger partial charge in [0.15, 0.2) is 23.3 Å². The van der Waals surface area contributed by atoms with Gasteiger partial charge in [0.25, 0.3) is 0 Å². The average Bonchev–Trinajstić information content (AvgIpc) is 4.14. The number of carbonyl (C=O) groups is 1. The molecule has 4 N–H and O–H groups in total. The molecule has 4 aliphatic heterocycles. The van der Waals surface area contributed by atoms with Gasteiger partial charge in [0.1, 0.15) is 0 Å². The number of fused-ring (bicyclic) bond motifs is 8. The van der Waals surface area contributed by atoms with Gasteiger partial charge in [-0.15, -0.1) is 0 Å². The van der Waals surface area contributed by atoms with Crippen molar-refractivity contribution in [3.63, 3.8) is 0 Å². The number of piperidine rings is 2. The van der Waals surface area contributed by atoms with E-state index >= 15 is 0 Å². The molecule has 4 aromatic rings. The molecule has 0 radical (unpaired) electrons. The molecule has 6 heterocycles. The maximum Gasteiger partial charge on any atom is 0.416 e. The molecule has 4 bridgehead atoms. The topological polar surface area (TPSA) is 128 Å². The van der Waals surface area contributed by atoms with Crippen LogP contribution in [0.25, 0.3) is 22.8 Å². The maximum atomic E-state index is 13.1. The second-order valence-corrected chi connectivity index (χ2v) is 15.1. The quantitative estimate of drug-likeness (QED) is 0.181. The Morgan fingerprint density at radius 3 is 1.91 bits per heavy atom. The molecule has 4 fully saturated rings. The van der Waals surface area contributed by atoms with E-state index < -0.39 is 23.5 Å². The Hall–Kier alpha value is -5.19. The third kappa shape index (κ3) is 8.46. The van der Waals surface area contributed by atoms with Crippen LogP contribution in [-0.4, -0.2) is 76.3 Å². The predicted molar refractivity (Wildman–Crippen MR) is 200 cm³/mol. The molecule has 2 saturated heterocycles. The zero-order chi connectivity index (χ0) is 39.2. The van der Waals surface area contributed by atoms with Crippen LogP contribution in [0.2, 0.25) is 0 Å². The zero-order valence-electron chi connectivity index (χ0n) is 30.5. The molecule has 11 nitrogen and oxygen atoms in total. The van der Waals surface area contributed by atoms with E-state index in [1.807, 2.05) is 0 Å². The number of nitrogens with zero attached hydrogens (tertiary/aromatic N) is 7. The number of alkyl halides is 6. The molecule has 2 amide bonds. The minimum Gasteiger partial charge on any atom is -0.365 e. The molecule has 2 aromatic carbocycles. The number of halogens is 6. The van der Waals surface area contributed by atoms with Crippen LogP contribution in [-0.2, 0) is 12.4 Å². The molecule has 296 valence electrons. The van der Waals surface area contributed by atoms with Gasteiger partial charge in [-0.05, 0) is 75.6 Å². The molecule has 0 unspecified atom stereocenters. The van der Waals surface area contributed by atoms with Crippen LogP contribution in [0.3, 0.4) is 0 Å². The first-order valence-electron chi connectivity index (χ1n) is 19.0. The van der Waals surface area contributed by atoms with Crippen LogP contribution in [0.5, 0.6) is 0 Å². The van der Waals surface area contributed by atoms with E-state index in [-0.39, 0.29) is 29.5 Å². The third-order valence-electron chi connectivity index (χ3n) is 10.6. The van der Waals surface area contributed by atoms with E-state index in [0.29, 0.717) is 35.1 Å². The SMILES string of the molecule is FC(F)(F)c1cccc(-c2ncc3c(n2)N[C@H]2CCCN3C2)c1.NC1CC1.O=C(NC1CC1)N1c2nc(-c3cccc(C(F)(F)F)c3)ncc2N2CCC[C@H]1C2. The van der Waals surface area contributed by atoms with Crippen LogP contribution >= 0.6 is 0 Å². The molecule has 2 aliphatic carbocycles. The number of hydrogen-bond donors (Lipinski definition) is 3. The summed E-state index contributed by atoms with van der Waals surface area (Å²) >= 11 is 0. The monoisotopic (exact) mass is 780 g/mol. The van der Waals surface area contributed by atoms with Crippen LogP contribution in [0, 0.1) is 0 Å². The lowest BCUT2D eigenvalue weighted by molar-refractivity contribution is -0.138. The summed E-state index contributed by atoms with van der Waals surface area (Å²) in [6.45, 7) is 3.47. The second-order valence-electron chi connectivity index (χ2n) is 15.1. The van der Waals surface area contributed by atoms with Gasteiger partial charge in [0.05, 0.1) is 40.9 Å². The van der Waals surface area contributed by atoms with Crippen molar-refractivity contribution >= 4 is 29.0 Å². The number of urea groups is 1. The van der Waals surface area contributed by atoms with Gasteiger partial charge in [0, 0.05) is 55.4 Å². The molecule has 10 rings (SSSR count). The highest BCUT2D eigenvalue weighted by Gasteiger charge is 2.40. The lowest BCUT2D eigenvalue weighted by atomic mass is 10.0. The maximum absolute atomic E-state index is 13.1. The highest BCUT2D eigenvalue weighted by molar-refractivity contribution is 5.96. The van der Waals surface area contributed by atoms with Gasteiger partial charge < -0.3 is 26.2 Å². The van der Waals surface area contributed by atoms with Gasteiger partial charge in [-0.25, -0.2) is 24.7 Å². The Kier molecular flexibility index (Phi) is 10.1. The number of rotatable bonds is 3. The van der Waals surface area contributed by atoms with Crippen molar-refractivity contribution in [3.05, 3.63) is 72.1 Å². The lowest BCUT2D eigenvalue weighted by Crippen LogP contribution is -2.57. The van der Waals surface area contributed by atoms with Crippen molar-refractivity contribution in [3.8, 4) is 22.8 Å². The number of amides is 2. The smallest absolute Gasteiger partial charge is 0.365 e. The molecule has 6 aliphatic rings. The van der Waals surface area contributed by atoms with E-state index in [1.165, 1.54) is 25.0 Å². The van der Waals surface area contributed by atoms with Crippen LogP contribution < -0.4 is 31.1 Å². The van der Waals surface area contributed by atoms with Gasteiger partial charge >= 0.3 is 18.4 Å². The number of aromatic nitrogens is 4. The summed E-state index contributed by atoms with van der Waals surface area (Å²) in [4.78, 5) is 36.6. The summed E-state index contributed by atoms with van der Waals surface area (Å²) in [7, 11) is 0. The van der Waals surface area contributed by atoms with Gasteiger partial charge in [-0.3, -0.25) is 4.90 Å². The van der Waals surface area contributed by atoms with Crippen molar-refractivity contribution in [2.24, 2.45) is 5.73 Å². The molecule has 17 heteroatoms. The Balaban J connectivity index is 0.000000146. The van der Waals surface area contributed by atoms with E-state index in [2.05, 4.69) is 40.4 Å². The third-order valence-corrected chi connectivity index (χ3v) is 10.6. The number of benzene rings is 2. The van der Waals surface area contributed by atoms with Crippen molar-refractivity contribution in [1.82, 2.24) is 25.3 Å². The lowest BCUT2D eigenvalue weighted by Gasteiger charge is -2.45. The normalized spacial score (nSPS) is 20.9. The standard InChI is InChI=1S/C20H20F3N5O.C16H15F3N4.C3H7N/c21-20(22,23)13-4-1-3-12(9-13)17-24-10-16-18(26-17)28(19(29)25-14-6-7-14)15-5-2-8-27(16)11-15;17-16(18,19)11-4-1-3-10(7-11)14-20-8-13-15(22-14)21-12-5-2-6-23(13)9-12;4-3-1-2-3/h1,3-4,9-10,14-15H,2,5-8,11H2,(H,25,29);1,3-4,7-8,12H,2,5-6,9H2,(H,20,21,22);3H,1-2,4H2/t15-;12-;/m00./s1. The Morgan fingerprint density at radius 2 is 1.32 bits per heavy atom. The summed E-state index contributed by atoms with van der Waals surface area (Å²) in [6.07, 6.45) is 3.03. The van der Waals surface area contributed by atoms with Crippen LogP contribution in [0.1, 0.15) is 62.5 Å². The number of carbonyl (C=O) groups excluding carboxylic acids is 1. The van der Waals surface area contributed by atoms with Gasteiger partial charge in [-0.1, -0.05) is 24.3 Å². The first-order valence-corrected chi connectivity index (χ1v) is 19.0. The van der Waals surface area contributed by atoms with E-state index in [1.54, 1.807) is 29.4 Å². The summed E-state index contributed by atoms with van der Waals surface area (Å²) in [5.41, 5.74) is 6.11. The second kappa shape index (κ2) is 15.0. The molecule has 2 saturated carbocycles. The molecule has 56 heavy (non-hydrogen) atoms. The minimum atomic E-state index is -4.44. The number of hydrogen-bond acceptors (Lipinski definition) is 9. The largest absolute Gasteiger partial charge is 0.416 e. The van der Waals surface area contributed by atoms with E-state index in [9.17, 15) is 31.1 Å². The Morgan fingerprint density at radius 1 is 0.750 bits per heavy atom. The summed E-state index contributed by atoms with van der Waals surface area (Å²) in [5.74, 6) is 1.67. The average molecular weight is 781 g/mol. The molecule has 0 spiro atoms. The fourth-order valence-corrected chi connectivity index (χ4v) is 7.32. The Labute approximate surface area is 319 Å². The summed E-state index contributed by atoms with van der Waals surface area (Å²) in [6, 6.07) is 11.0. The minimum absolute atomic E-state index is 0.000686. The first-order chi connectivity index (χ1) is 26.8. The highest BCUT2D eigenvalue weighted by atomic mass is 19.4. The zero-order valence-corrected chi connectivity index (χ0v) is 30.5. The number of anilines is 4. The fraction of sp³-hybridized carbons (Fsp3) is 0.462. The van der Waals surface area contributed by atoms with Crippen molar-refractivity contribution in [2.45, 2.75) is 87.9 Å². The van der Waals surface area contributed by atoms with E-state index in [0.717, 1.165) is 100 Å². The molecule has 2 aromatic heterocycles. The van der Waals surface area contributed by atoms with Gasteiger partial charge in [0.2, 0.25) is 0 Å². The molecule has 2 atom stereocenters. The highest BCUT2D eigenvalue weighted by Crippen LogP contribution is 2.40. The molecular weight excluding hydrogens is 738 g/mol. The van der Waals surface area contributed by atoms with Crippen LogP contribution in [0.15, 0.2) is 60.9 Å². The number of nitrogens with two attached hydrogens (primary N) is 1. The fourth-order valence-electron chi connectivity index (χ4n) is 7.32. The Bertz CT molecular complexity index is 2070. The molecular formula is C39H42F6N10O. The van der Waals surface area contributed by atoms with Gasteiger partial charge in [-0.2, -0.15) is 26.3 Å². The summed E-state index contributed by atoms with van der Waals surface area (Å²) < 4.78 is 77.9. The predicted octanol–water partition coefficient (Wildman–Crippen LogP) is 7.49. The first kappa shape index (κ1) is 37.7. The van der Waals surface area contributed by atoms with Crippen molar-refractivity contribution in [1.29, 1.82) is 0 Å². The van der Waals surface area contributed by atoms with Crippen molar-refractivity contribution in [2.75, 3.05) is 46.2 Å². The summed E-state index contributed by atoms with van der Waals surface area (Å²) in [5, 5.41) is 6.38. The van der Waals surface area contributed by atoms with Crippen molar-refractivity contribution < 1.29 is 31.1 Å². The van der Waals surface area contributed by atoms with E-state index in [4.69, 9.17) is 5.73 Å².